The van der Waals surface area contributed by atoms with Crippen molar-refractivity contribution < 1.29 is 9.66 Å². The Labute approximate surface area is 98.3 Å². The van der Waals surface area contributed by atoms with Crippen LogP contribution in [0.1, 0.15) is 6.42 Å². The van der Waals surface area contributed by atoms with Gasteiger partial charge in [-0.25, -0.2) is 4.98 Å². The summed E-state index contributed by atoms with van der Waals surface area (Å²) in [4.78, 5) is 16.4. The maximum absolute atomic E-state index is 10.9. The van der Waals surface area contributed by atoms with Crippen LogP contribution in [0, 0.1) is 10.1 Å². The van der Waals surface area contributed by atoms with E-state index >= 15 is 0 Å². The summed E-state index contributed by atoms with van der Waals surface area (Å²) >= 11 is 0. The van der Waals surface area contributed by atoms with Gasteiger partial charge in [0.05, 0.1) is 11.0 Å². The zero-order valence-corrected chi connectivity index (χ0v) is 9.50. The summed E-state index contributed by atoms with van der Waals surface area (Å²) in [6.45, 7) is 1.30. The van der Waals surface area contributed by atoms with Crippen molar-refractivity contribution in [2.45, 2.75) is 12.5 Å². The fourth-order valence-corrected chi connectivity index (χ4v) is 1.94. The number of nitrogens with two attached hydrogens (primary N) is 1. The third kappa shape index (κ3) is 2.28. The molecule has 17 heavy (non-hydrogen) atoms. The van der Waals surface area contributed by atoms with Crippen LogP contribution in [0.3, 0.4) is 0 Å². The molecule has 0 radical (unpaired) electrons. The number of nitrogen functional groups attached to an aromatic ring is 1. The Balaban J connectivity index is 2.31. The Bertz CT molecular complexity index is 438. The second-order valence-corrected chi connectivity index (χ2v) is 3.93. The molecule has 1 unspecified atom stereocenters. The number of pyridine rings is 1. The maximum atomic E-state index is 10.9. The summed E-state index contributed by atoms with van der Waals surface area (Å²) in [7, 11) is 1.63. The van der Waals surface area contributed by atoms with Gasteiger partial charge >= 0.3 is 5.69 Å². The number of ether oxygens (including phenoxy) is 1. The fraction of sp³-hybridized carbons (Fsp3) is 0.500. The van der Waals surface area contributed by atoms with Crippen LogP contribution < -0.4 is 10.6 Å². The van der Waals surface area contributed by atoms with E-state index in [0.29, 0.717) is 18.9 Å². The quantitative estimate of drug-likeness (QED) is 0.618. The summed E-state index contributed by atoms with van der Waals surface area (Å²) in [5, 5.41) is 10.9. The molecule has 2 heterocycles. The molecule has 1 aliphatic rings. The van der Waals surface area contributed by atoms with Gasteiger partial charge in [-0.3, -0.25) is 10.1 Å². The highest BCUT2D eigenvalue weighted by atomic mass is 16.6. The first-order chi connectivity index (χ1) is 8.11. The molecule has 92 valence electrons. The van der Waals surface area contributed by atoms with Gasteiger partial charge in [0.25, 0.3) is 0 Å². The summed E-state index contributed by atoms with van der Waals surface area (Å²) in [5.41, 5.74) is 5.55. The molecule has 0 aliphatic carbocycles. The minimum absolute atomic E-state index is 0.0176. The Morgan fingerprint density at radius 1 is 1.65 bits per heavy atom. The SMILES string of the molecule is COC1CCN(c2nc(N)ccc2[N+](=O)[O-])C1. The Kier molecular flexibility index (Phi) is 3.10. The standard InChI is InChI=1S/C10H14N4O3/c1-17-7-4-5-13(6-7)10-8(14(15)16)2-3-9(11)12-10/h2-3,7H,4-6H2,1H3,(H2,11,12). The number of nitro groups is 1. The van der Waals surface area contributed by atoms with Gasteiger partial charge in [-0.2, -0.15) is 0 Å². The predicted octanol–water partition coefficient (Wildman–Crippen LogP) is 0.797. The van der Waals surface area contributed by atoms with Gasteiger partial charge in [0.2, 0.25) is 5.82 Å². The molecule has 1 atom stereocenters. The van der Waals surface area contributed by atoms with Crippen molar-refractivity contribution in [2.24, 2.45) is 0 Å². The number of hydrogen-bond donors (Lipinski definition) is 1. The Morgan fingerprint density at radius 3 is 3.00 bits per heavy atom. The second-order valence-electron chi connectivity index (χ2n) is 3.93. The van der Waals surface area contributed by atoms with Crippen LogP contribution in [-0.2, 0) is 4.74 Å². The number of hydrogen-bond acceptors (Lipinski definition) is 6. The highest BCUT2D eigenvalue weighted by molar-refractivity contribution is 5.61. The summed E-state index contributed by atoms with van der Waals surface area (Å²) in [6, 6.07) is 2.82. The molecule has 2 rings (SSSR count). The normalized spacial score (nSPS) is 19.6. The van der Waals surface area contributed by atoms with Crippen LogP contribution in [0.5, 0.6) is 0 Å². The fourth-order valence-electron chi connectivity index (χ4n) is 1.94. The largest absolute Gasteiger partial charge is 0.384 e. The summed E-state index contributed by atoms with van der Waals surface area (Å²) < 4.78 is 5.22. The molecule has 1 aromatic rings. The monoisotopic (exact) mass is 238 g/mol. The van der Waals surface area contributed by atoms with Gasteiger partial charge in [0.1, 0.15) is 5.82 Å². The zero-order chi connectivity index (χ0) is 12.4. The predicted molar refractivity (Wildman–Crippen MR) is 62.9 cm³/mol. The van der Waals surface area contributed by atoms with Gasteiger partial charge < -0.3 is 15.4 Å². The molecular weight excluding hydrogens is 224 g/mol. The van der Waals surface area contributed by atoms with Crippen LogP contribution in [-0.4, -0.2) is 36.2 Å². The maximum Gasteiger partial charge on any atom is 0.311 e. The number of nitrogens with zero attached hydrogens (tertiary/aromatic N) is 3. The first-order valence-corrected chi connectivity index (χ1v) is 5.30. The average Bonchev–Trinajstić information content (AvgIpc) is 2.76. The third-order valence-electron chi connectivity index (χ3n) is 2.85. The van der Waals surface area contributed by atoms with E-state index < -0.39 is 4.92 Å². The lowest BCUT2D eigenvalue weighted by Crippen LogP contribution is -2.24. The molecule has 1 aromatic heterocycles. The smallest absolute Gasteiger partial charge is 0.311 e. The van der Waals surface area contributed by atoms with Crippen molar-refractivity contribution in [3.8, 4) is 0 Å². The molecule has 1 aliphatic heterocycles. The lowest BCUT2D eigenvalue weighted by atomic mass is 10.3. The van der Waals surface area contributed by atoms with Crippen molar-refractivity contribution in [2.75, 3.05) is 30.8 Å². The Hall–Kier alpha value is -1.89. The first kappa shape index (κ1) is 11.6. The summed E-state index contributed by atoms with van der Waals surface area (Å²) in [6.07, 6.45) is 0.933. The molecule has 1 fully saturated rings. The molecular formula is C10H14N4O3. The third-order valence-corrected chi connectivity index (χ3v) is 2.85. The van der Waals surface area contributed by atoms with E-state index in [1.165, 1.54) is 12.1 Å². The van der Waals surface area contributed by atoms with Crippen LogP contribution in [0.15, 0.2) is 12.1 Å². The van der Waals surface area contributed by atoms with Crippen molar-refractivity contribution in [3.05, 3.63) is 22.2 Å². The highest BCUT2D eigenvalue weighted by Crippen LogP contribution is 2.29. The van der Waals surface area contributed by atoms with Crippen LogP contribution >= 0.6 is 0 Å². The zero-order valence-electron chi connectivity index (χ0n) is 9.50. The second kappa shape index (κ2) is 4.54. The van der Waals surface area contributed by atoms with Gasteiger partial charge in [-0.1, -0.05) is 0 Å². The minimum Gasteiger partial charge on any atom is -0.384 e. The number of rotatable bonds is 3. The van der Waals surface area contributed by atoms with Gasteiger partial charge in [0.15, 0.2) is 0 Å². The van der Waals surface area contributed by atoms with Crippen molar-refractivity contribution in [1.29, 1.82) is 0 Å². The molecule has 0 aromatic carbocycles. The van der Waals surface area contributed by atoms with Crippen molar-refractivity contribution >= 4 is 17.3 Å². The van der Waals surface area contributed by atoms with Crippen LogP contribution in [0.2, 0.25) is 0 Å². The van der Waals surface area contributed by atoms with Gasteiger partial charge in [0, 0.05) is 26.3 Å². The molecule has 1 saturated heterocycles. The molecule has 0 saturated carbocycles. The molecule has 7 heteroatoms. The molecule has 0 amide bonds. The topological polar surface area (TPSA) is 94.5 Å². The van der Waals surface area contributed by atoms with Gasteiger partial charge in [-0.15, -0.1) is 0 Å². The lowest BCUT2D eigenvalue weighted by molar-refractivity contribution is -0.384. The first-order valence-electron chi connectivity index (χ1n) is 5.30. The van der Waals surface area contributed by atoms with E-state index in [1.54, 1.807) is 7.11 Å². The van der Waals surface area contributed by atoms with Gasteiger partial charge in [-0.05, 0) is 12.5 Å². The molecule has 0 spiro atoms. The van der Waals surface area contributed by atoms with E-state index in [1.807, 2.05) is 4.90 Å². The van der Waals surface area contributed by atoms with E-state index in [-0.39, 0.29) is 17.6 Å². The number of methoxy groups -OCH3 is 1. The summed E-state index contributed by atoms with van der Waals surface area (Å²) in [5.74, 6) is 0.612. The molecule has 0 bridgehead atoms. The highest BCUT2D eigenvalue weighted by Gasteiger charge is 2.28. The molecule has 7 nitrogen and oxygen atoms in total. The lowest BCUT2D eigenvalue weighted by Gasteiger charge is -2.17. The van der Waals surface area contributed by atoms with E-state index in [4.69, 9.17) is 10.5 Å². The van der Waals surface area contributed by atoms with Crippen LogP contribution in [0.4, 0.5) is 17.3 Å². The minimum atomic E-state index is -0.443. The Morgan fingerprint density at radius 2 is 2.41 bits per heavy atom. The average molecular weight is 238 g/mol. The van der Waals surface area contributed by atoms with E-state index in [2.05, 4.69) is 4.98 Å². The number of aromatic nitrogens is 1. The number of anilines is 2. The van der Waals surface area contributed by atoms with E-state index in [0.717, 1.165) is 6.42 Å². The van der Waals surface area contributed by atoms with Crippen LogP contribution in [0.25, 0.3) is 0 Å². The van der Waals surface area contributed by atoms with Crippen molar-refractivity contribution in [1.82, 2.24) is 4.98 Å². The van der Waals surface area contributed by atoms with Crippen molar-refractivity contribution in [3.63, 3.8) is 0 Å². The molecule has 2 N–H and O–H groups in total. The van der Waals surface area contributed by atoms with E-state index in [9.17, 15) is 10.1 Å².